The van der Waals surface area contributed by atoms with Crippen molar-refractivity contribution in [2.75, 3.05) is 0 Å². The number of halogens is 1. The highest BCUT2D eigenvalue weighted by Gasteiger charge is 2.41. The number of hydrogen-bond donors (Lipinski definition) is 0. The maximum absolute atomic E-state index is 13.6. The highest BCUT2D eigenvalue weighted by molar-refractivity contribution is 5.67. The van der Waals surface area contributed by atoms with Crippen molar-refractivity contribution in [3.63, 3.8) is 0 Å². The average molecular weight is 497 g/mol. The Balaban J connectivity index is 1.40. The molecular formula is C35H29FN2+2. The number of allylic oxidation sites excluding steroid dienone is 2. The molecule has 0 radical (unpaired) electrons. The third-order valence-electron chi connectivity index (χ3n) is 8.20. The van der Waals surface area contributed by atoms with Gasteiger partial charge in [0.15, 0.2) is 25.0 Å². The van der Waals surface area contributed by atoms with E-state index >= 15 is 0 Å². The van der Waals surface area contributed by atoms with Crippen molar-refractivity contribution in [2.24, 2.45) is 0 Å². The maximum Gasteiger partial charge on any atom is 0.213 e. The first-order valence-electron chi connectivity index (χ1n) is 13.3. The Hall–Kier alpha value is -4.37. The molecule has 0 bridgehead atoms. The molecule has 0 aliphatic carbocycles. The number of aromatic nitrogens is 2. The molecule has 0 amide bonds. The minimum atomic E-state index is -0.214. The van der Waals surface area contributed by atoms with Crippen LogP contribution in [0.5, 0.6) is 0 Å². The van der Waals surface area contributed by atoms with Crippen molar-refractivity contribution < 1.29 is 13.5 Å². The maximum atomic E-state index is 13.6. The fourth-order valence-corrected chi connectivity index (χ4v) is 6.36. The van der Waals surface area contributed by atoms with E-state index in [1.54, 1.807) is 0 Å². The van der Waals surface area contributed by atoms with Crippen molar-refractivity contribution in [1.82, 2.24) is 0 Å². The van der Waals surface area contributed by atoms with Gasteiger partial charge in [-0.3, -0.25) is 0 Å². The summed E-state index contributed by atoms with van der Waals surface area (Å²) in [6.07, 6.45) is 7.83. The van der Waals surface area contributed by atoms with Gasteiger partial charge in [-0.2, -0.15) is 9.13 Å². The molecule has 2 unspecified atom stereocenters. The van der Waals surface area contributed by atoms with Gasteiger partial charge < -0.3 is 0 Å². The van der Waals surface area contributed by atoms with Crippen LogP contribution in [-0.2, 0) is 13.0 Å². The molecule has 3 heteroatoms. The SMILES string of the molecule is CC1c2ccccc2-c2cccc[n+]2C1/C1=C/Cc2ccccc2-c2ccc(-c3ccc(F)cc3)c[n+]2C1. The molecule has 2 aliphatic rings. The molecule has 38 heavy (non-hydrogen) atoms. The molecule has 7 rings (SSSR count). The number of nitrogens with zero attached hydrogens (tertiary/aromatic N) is 2. The monoisotopic (exact) mass is 496 g/mol. The summed E-state index contributed by atoms with van der Waals surface area (Å²) in [5.74, 6) is 0.116. The zero-order valence-electron chi connectivity index (χ0n) is 21.4. The molecule has 0 fully saturated rings. The molecule has 0 saturated carbocycles. The molecule has 0 N–H and O–H groups in total. The molecule has 2 aliphatic heterocycles. The van der Waals surface area contributed by atoms with Crippen LogP contribution in [0, 0.1) is 5.82 Å². The van der Waals surface area contributed by atoms with E-state index < -0.39 is 0 Å². The predicted molar refractivity (Wildman–Crippen MR) is 149 cm³/mol. The number of rotatable bonds is 2. The first-order chi connectivity index (χ1) is 18.7. The standard InChI is InChI=1S/C35H29FN2/c1-24-30-9-4-5-11-32(30)34-12-6-7-21-38(34)35(24)28-14-13-26-8-2-3-10-31(26)33-20-17-27(22-37(33)23-28)25-15-18-29(36)19-16-25/h2-12,14-22,24,35H,13,23H2,1H3/q+2/b28-14+. The first-order valence-corrected chi connectivity index (χ1v) is 13.3. The summed E-state index contributed by atoms with van der Waals surface area (Å²) >= 11 is 0. The minimum Gasteiger partial charge on any atom is -0.207 e. The lowest BCUT2D eigenvalue weighted by molar-refractivity contribution is -0.722. The molecule has 0 saturated heterocycles. The van der Waals surface area contributed by atoms with E-state index in [0.717, 1.165) is 24.1 Å². The summed E-state index contributed by atoms with van der Waals surface area (Å²) in [6, 6.07) is 35.4. The molecule has 0 spiro atoms. The molecule has 4 heterocycles. The normalized spacial score (nSPS) is 19.1. The molecular weight excluding hydrogens is 467 g/mol. The Morgan fingerprint density at radius 3 is 2.32 bits per heavy atom. The Kier molecular flexibility index (Phi) is 5.51. The van der Waals surface area contributed by atoms with Crippen LogP contribution in [0.25, 0.3) is 33.6 Å². The van der Waals surface area contributed by atoms with Gasteiger partial charge in [0.2, 0.25) is 11.4 Å². The highest BCUT2D eigenvalue weighted by atomic mass is 19.1. The van der Waals surface area contributed by atoms with Crippen molar-refractivity contribution in [3.8, 4) is 33.6 Å². The fourth-order valence-electron chi connectivity index (χ4n) is 6.36. The molecule has 2 nitrogen and oxygen atoms in total. The van der Waals surface area contributed by atoms with E-state index in [-0.39, 0.29) is 11.9 Å². The second kappa shape index (κ2) is 9.18. The zero-order valence-corrected chi connectivity index (χ0v) is 21.4. The van der Waals surface area contributed by atoms with Crippen LogP contribution in [-0.4, -0.2) is 0 Å². The lowest BCUT2D eigenvalue weighted by Gasteiger charge is -2.29. The van der Waals surface area contributed by atoms with Gasteiger partial charge in [0.25, 0.3) is 0 Å². The topological polar surface area (TPSA) is 7.76 Å². The quantitative estimate of drug-likeness (QED) is 0.180. The first kappa shape index (κ1) is 22.8. The van der Waals surface area contributed by atoms with Crippen LogP contribution in [0.15, 0.2) is 127 Å². The largest absolute Gasteiger partial charge is 0.213 e. The second-order valence-electron chi connectivity index (χ2n) is 10.4. The Bertz CT molecular complexity index is 1700. The fraction of sp³-hybridized carbons (Fsp3) is 0.143. The van der Waals surface area contributed by atoms with Crippen molar-refractivity contribution in [1.29, 1.82) is 0 Å². The molecule has 184 valence electrons. The van der Waals surface area contributed by atoms with Crippen LogP contribution in [0.1, 0.15) is 30.0 Å². The van der Waals surface area contributed by atoms with E-state index in [1.807, 2.05) is 12.1 Å². The van der Waals surface area contributed by atoms with Gasteiger partial charge in [0, 0.05) is 40.8 Å². The van der Waals surface area contributed by atoms with E-state index in [9.17, 15) is 4.39 Å². The number of hydrogen-bond acceptors (Lipinski definition) is 0. The number of benzene rings is 3. The van der Waals surface area contributed by atoms with Crippen LogP contribution < -0.4 is 9.13 Å². The van der Waals surface area contributed by atoms with Crippen LogP contribution in [0.2, 0.25) is 0 Å². The van der Waals surface area contributed by atoms with Crippen LogP contribution >= 0.6 is 0 Å². The predicted octanol–water partition coefficient (Wildman–Crippen LogP) is 7.24. The minimum absolute atomic E-state index is 0.209. The Morgan fingerprint density at radius 2 is 1.45 bits per heavy atom. The number of fused-ring (bicyclic) bond motifs is 6. The third kappa shape index (κ3) is 3.78. The summed E-state index contributed by atoms with van der Waals surface area (Å²) in [6.45, 7) is 3.15. The highest BCUT2D eigenvalue weighted by Crippen LogP contribution is 2.41. The van der Waals surface area contributed by atoms with Crippen molar-refractivity contribution >= 4 is 0 Å². The zero-order chi connectivity index (χ0) is 25.6. The van der Waals surface area contributed by atoms with Gasteiger partial charge in [0.1, 0.15) is 5.82 Å². The summed E-state index contributed by atoms with van der Waals surface area (Å²) in [7, 11) is 0. The summed E-state index contributed by atoms with van der Waals surface area (Å²) < 4.78 is 18.5. The molecule has 2 atom stereocenters. The van der Waals surface area contributed by atoms with Gasteiger partial charge in [-0.05, 0) is 59.5 Å². The van der Waals surface area contributed by atoms with E-state index in [2.05, 4.69) is 113 Å². The smallest absolute Gasteiger partial charge is 0.207 e. The second-order valence-corrected chi connectivity index (χ2v) is 10.4. The van der Waals surface area contributed by atoms with Gasteiger partial charge in [-0.1, -0.05) is 61.5 Å². The Morgan fingerprint density at radius 1 is 0.711 bits per heavy atom. The van der Waals surface area contributed by atoms with Crippen molar-refractivity contribution in [3.05, 3.63) is 144 Å². The lowest BCUT2D eigenvalue weighted by atomic mass is 9.80. The van der Waals surface area contributed by atoms with Crippen molar-refractivity contribution in [2.45, 2.75) is 31.8 Å². The van der Waals surface area contributed by atoms with Crippen LogP contribution in [0.4, 0.5) is 4.39 Å². The third-order valence-corrected chi connectivity index (χ3v) is 8.20. The Labute approximate surface area is 223 Å². The average Bonchev–Trinajstić information content (AvgIpc) is 2.95. The lowest BCUT2D eigenvalue weighted by Crippen LogP contribution is -2.50. The number of pyridine rings is 2. The molecule has 3 aromatic carbocycles. The van der Waals surface area contributed by atoms with Crippen LogP contribution in [0.3, 0.4) is 0 Å². The summed E-state index contributed by atoms with van der Waals surface area (Å²) in [4.78, 5) is 0. The van der Waals surface area contributed by atoms with Gasteiger partial charge in [0.05, 0.1) is 5.57 Å². The van der Waals surface area contributed by atoms with E-state index in [4.69, 9.17) is 0 Å². The summed E-state index contributed by atoms with van der Waals surface area (Å²) in [5, 5.41) is 0. The van der Waals surface area contributed by atoms with E-state index in [1.165, 1.54) is 51.3 Å². The summed E-state index contributed by atoms with van der Waals surface area (Å²) in [5.41, 5.74) is 11.3. The molecule has 2 aromatic heterocycles. The molecule has 5 aromatic rings. The van der Waals surface area contributed by atoms with Gasteiger partial charge >= 0.3 is 0 Å². The van der Waals surface area contributed by atoms with Gasteiger partial charge in [-0.15, -0.1) is 0 Å². The van der Waals surface area contributed by atoms with Gasteiger partial charge in [-0.25, -0.2) is 4.39 Å². The van der Waals surface area contributed by atoms with E-state index in [0.29, 0.717) is 5.92 Å².